The van der Waals surface area contributed by atoms with Crippen molar-refractivity contribution in [2.45, 2.75) is 6.54 Å². The van der Waals surface area contributed by atoms with E-state index in [1.165, 1.54) is 28.8 Å². The van der Waals surface area contributed by atoms with Crippen molar-refractivity contribution in [3.8, 4) is 5.88 Å². The van der Waals surface area contributed by atoms with Crippen molar-refractivity contribution in [1.29, 1.82) is 0 Å². The normalized spacial score (nSPS) is 10.8. The number of nitroso groups, excluding NO2 is 1. The molecule has 1 aromatic heterocycles. The quantitative estimate of drug-likeness (QED) is 0.449. The number of halogens is 1. The molecule has 0 bridgehead atoms. The fourth-order valence-electron chi connectivity index (χ4n) is 2.45. The van der Waals surface area contributed by atoms with Gasteiger partial charge in [-0.1, -0.05) is 12.1 Å². The Kier molecular flexibility index (Phi) is 3.49. The van der Waals surface area contributed by atoms with Crippen molar-refractivity contribution in [1.82, 2.24) is 4.57 Å². The lowest BCUT2D eigenvalue weighted by Crippen LogP contribution is -1.99. The average Bonchev–Trinajstić information content (AvgIpc) is 2.79. The third-order valence-corrected chi connectivity index (χ3v) is 3.55. The number of hydrogen-bond donors (Lipinski definition) is 1. The number of nitro benzene ring substituents is 1. The zero-order valence-corrected chi connectivity index (χ0v) is 11.6. The van der Waals surface area contributed by atoms with E-state index in [2.05, 4.69) is 5.18 Å². The summed E-state index contributed by atoms with van der Waals surface area (Å²) in [4.78, 5) is 21.1. The zero-order valence-electron chi connectivity index (χ0n) is 11.6. The van der Waals surface area contributed by atoms with Crippen LogP contribution in [0.5, 0.6) is 5.88 Å². The van der Waals surface area contributed by atoms with Crippen molar-refractivity contribution in [3.63, 3.8) is 0 Å². The van der Waals surface area contributed by atoms with Gasteiger partial charge in [-0.15, -0.1) is 4.91 Å². The van der Waals surface area contributed by atoms with Crippen LogP contribution in [0.15, 0.2) is 47.6 Å². The highest BCUT2D eigenvalue weighted by molar-refractivity contribution is 5.95. The van der Waals surface area contributed by atoms with Gasteiger partial charge in [-0.25, -0.2) is 4.39 Å². The van der Waals surface area contributed by atoms with Gasteiger partial charge in [0.25, 0.3) is 5.69 Å². The number of aromatic nitrogens is 1. The van der Waals surface area contributed by atoms with Gasteiger partial charge in [0.15, 0.2) is 5.69 Å². The number of hydrogen-bond acceptors (Lipinski definition) is 5. The molecule has 116 valence electrons. The van der Waals surface area contributed by atoms with Gasteiger partial charge < -0.3 is 9.67 Å². The molecule has 0 saturated carbocycles. The van der Waals surface area contributed by atoms with Gasteiger partial charge in [-0.2, -0.15) is 0 Å². The molecule has 7 nitrogen and oxygen atoms in total. The van der Waals surface area contributed by atoms with E-state index in [1.54, 1.807) is 12.1 Å². The van der Waals surface area contributed by atoms with Crippen LogP contribution in [0.3, 0.4) is 0 Å². The maximum Gasteiger partial charge on any atom is 0.269 e. The standard InChI is InChI=1S/C15H10FN3O4/c16-10-3-6-13-12(7-10)14(17-21)15(20)18(13)8-9-1-4-11(5-2-9)19(22)23/h1-7,20H,8H2. The van der Waals surface area contributed by atoms with Crippen LogP contribution < -0.4 is 0 Å². The monoisotopic (exact) mass is 315 g/mol. The lowest BCUT2D eigenvalue weighted by Gasteiger charge is -2.07. The second-order valence-corrected chi connectivity index (χ2v) is 4.93. The molecule has 1 N–H and O–H groups in total. The van der Waals surface area contributed by atoms with Crippen molar-refractivity contribution in [3.05, 3.63) is 68.9 Å². The molecule has 0 aliphatic carbocycles. The van der Waals surface area contributed by atoms with Gasteiger partial charge >= 0.3 is 0 Å². The third-order valence-electron chi connectivity index (χ3n) is 3.55. The van der Waals surface area contributed by atoms with E-state index in [0.29, 0.717) is 11.1 Å². The summed E-state index contributed by atoms with van der Waals surface area (Å²) in [5.41, 5.74) is 0.829. The Morgan fingerprint density at radius 2 is 1.91 bits per heavy atom. The number of nitrogens with zero attached hydrogens (tertiary/aromatic N) is 3. The van der Waals surface area contributed by atoms with Crippen LogP contribution in [0.25, 0.3) is 10.9 Å². The Bertz CT molecular complexity index is 919. The highest BCUT2D eigenvalue weighted by Crippen LogP contribution is 2.39. The van der Waals surface area contributed by atoms with E-state index >= 15 is 0 Å². The summed E-state index contributed by atoms with van der Waals surface area (Å²) in [5, 5.41) is 23.8. The second kappa shape index (κ2) is 5.48. The van der Waals surface area contributed by atoms with Crippen molar-refractivity contribution in [2.75, 3.05) is 0 Å². The Hall–Kier alpha value is -3.29. The molecule has 0 atom stereocenters. The predicted molar refractivity (Wildman–Crippen MR) is 81.2 cm³/mol. The number of benzene rings is 2. The maximum atomic E-state index is 13.3. The van der Waals surface area contributed by atoms with Crippen molar-refractivity contribution < 1.29 is 14.4 Å². The third kappa shape index (κ3) is 2.50. The first-order valence-electron chi connectivity index (χ1n) is 6.58. The van der Waals surface area contributed by atoms with Gasteiger partial charge in [-0.3, -0.25) is 10.1 Å². The lowest BCUT2D eigenvalue weighted by molar-refractivity contribution is -0.384. The largest absolute Gasteiger partial charge is 0.493 e. The molecule has 0 spiro atoms. The fraction of sp³-hybridized carbons (Fsp3) is 0.0667. The van der Waals surface area contributed by atoms with Gasteiger partial charge in [0, 0.05) is 17.5 Å². The van der Waals surface area contributed by atoms with E-state index in [4.69, 9.17) is 0 Å². The lowest BCUT2D eigenvalue weighted by atomic mass is 10.2. The first-order chi connectivity index (χ1) is 11.0. The van der Waals surface area contributed by atoms with Gasteiger partial charge in [0.05, 0.1) is 17.0 Å². The Balaban J connectivity index is 2.07. The second-order valence-electron chi connectivity index (χ2n) is 4.93. The highest BCUT2D eigenvalue weighted by Gasteiger charge is 2.18. The molecule has 3 aromatic rings. The molecule has 0 amide bonds. The number of nitro groups is 1. The van der Waals surface area contributed by atoms with Crippen LogP contribution in [0.1, 0.15) is 5.56 Å². The molecule has 1 heterocycles. The number of aromatic hydroxyl groups is 1. The number of non-ortho nitro benzene ring substituents is 1. The Labute approximate surface area is 128 Å². The fourth-order valence-corrected chi connectivity index (χ4v) is 2.45. The minimum absolute atomic E-state index is 0.0485. The molecule has 0 aliphatic rings. The number of rotatable bonds is 4. The summed E-state index contributed by atoms with van der Waals surface area (Å²) in [6.07, 6.45) is 0. The summed E-state index contributed by atoms with van der Waals surface area (Å²) in [6, 6.07) is 9.54. The van der Waals surface area contributed by atoms with Crippen LogP contribution in [0.2, 0.25) is 0 Å². The molecular formula is C15H10FN3O4. The van der Waals surface area contributed by atoms with Crippen LogP contribution >= 0.6 is 0 Å². The van der Waals surface area contributed by atoms with Crippen LogP contribution in [0, 0.1) is 20.8 Å². The Morgan fingerprint density at radius 1 is 1.22 bits per heavy atom. The van der Waals surface area contributed by atoms with Gasteiger partial charge in [0.1, 0.15) is 5.82 Å². The molecule has 8 heteroatoms. The summed E-state index contributed by atoms with van der Waals surface area (Å²) >= 11 is 0. The molecule has 0 aliphatic heterocycles. The average molecular weight is 315 g/mol. The first-order valence-corrected chi connectivity index (χ1v) is 6.58. The minimum atomic E-state index is -0.546. The van der Waals surface area contributed by atoms with E-state index in [9.17, 15) is 24.5 Å². The van der Waals surface area contributed by atoms with Crippen LogP contribution in [-0.2, 0) is 6.54 Å². The van der Waals surface area contributed by atoms with E-state index in [-0.39, 0.29) is 29.2 Å². The molecule has 23 heavy (non-hydrogen) atoms. The zero-order chi connectivity index (χ0) is 16.6. The molecule has 0 fully saturated rings. The van der Waals surface area contributed by atoms with E-state index in [0.717, 1.165) is 6.07 Å². The van der Waals surface area contributed by atoms with E-state index in [1.807, 2.05) is 0 Å². The highest BCUT2D eigenvalue weighted by atomic mass is 19.1. The molecule has 2 aromatic carbocycles. The predicted octanol–water partition coefficient (Wildman–Crippen LogP) is 3.84. The van der Waals surface area contributed by atoms with Crippen LogP contribution in [-0.4, -0.2) is 14.6 Å². The summed E-state index contributed by atoms with van der Waals surface area (Å²) in [7, 11) is 0. The maximum absolute atomic E-state index is 13.3. The van der Waals surface area contributed by atoms with Gasteiger partial charge in [-0.05, 0) is 28.9 Å². The summed E-state index contributed by atoms with van der Waals surface area (Å²) in [6.45, 7) is 0.154. The Morgan fingerprint density at radius 3 is 2.52 bits per heavy atom. The van der Waals surface area contributed by atoms with E-state index < -0.39 is 10.7 Å². The first kappa shape index (κ1) is 14.6. The number of fused-ring (bicyclic) bond motifs is 1. The molecule has 0 unspecified atom stereocenters. The molecular weight excluding hydrogens is 305 g/mol. The SMILES string of the molecule is O=Nc1c(O)n(Cc2ccc([N+](=O)[O-])cc2)c2ccc(F)cc12. The van der Waals surface area contributed by atoms with Gasteiger partial charge in [0.2, 0.25) is 5.88 Å². The minimum Gasteiger partial charge on any atom is -0.493 e. The summed E-state index contributed by atoms with van der Waals surface area (Å²) in [5.74, 6) is -0.922. The van der Waals surface area contributed by atoms with Crippen molar-refractivity contribution in [2.24, 2.45) is 5.18 Å². The van der Waals surface area contributed by atoms with Crippen LogP contribution in [0.4, 0.5) is 15.8 Å². The topological polar surface area (TPSA) is 97.7 Å². The summed E-state index contributed by atoms with van der Waals surface area (Å²) < 4.78 is 14.7. The van der Waals surface area contributed by atoms with Crippen molar-refractivity contribution >= 4 is 22.3 Å². The molecule has 0 radical (unpaired) electrons. The molecule has 0 saturated heterocycles. The smallest absolute Gasteiger partial charge is 0.269 e. The molecule has 3 rings (SSSR count).